The van der Waals surface area contributed by atoms with Crippen molar-refractivity contribution in [3.05, 3.63) is 12.7 Å². The summed E-state index contributed by atoms with van der Waals surface area (Å²) in [5.74, 6) is 0.376. The minimum Gasteiger partial charge on any atom is -0.455 e. The molecule has 2 nitrogen and oxygen atoms in total. The van der Waals surface area contributed by atoms with Crippen LogP contribution in [0.2, 0.25) is 0 Å². The van der Waals surface area contributed by atoms with Crippen LogP contribution in [0.5, 0.6) is 0 Å². The van der Waals surface area contributed by atoms with E-state index in [0.717, 1.165) is 12.8 Å². The fourth-order valence-electron chi connectivity index (χ4n) is 1.10. The van der Waals surface area contributed by atoms with Crippen molar-refractivity contribution in [2.75, 3.05) is 0 Å². The molecule has 0 saturated heterocycles. The van der Waals surface area contributed by atoms with Crippen LogP contribution >= 0.6 is 0 Å². The smallest absolute Gasteiger partial charge is 0.303 e. The SMILES string of the molecule is C=CC(C)(CCC(C)C)OC(C)=O. The first-order valence-electron chi connectivity index (χ1n) is 4.73. The molecule has 0 aliphatic carbocycles. The van der Waals surface area contributed by atoms with Crippen molar-refractivity contribution >= 4 is 5.97 Å². The van der Waals surface area contributed by atoms with E-state index in [0.29, 0.717) is 5.92 Å². The standard InChI is InChI=1S/C11H20O2/c1-6-11(5,13-10(4)12)8-7-9(2)3/h6,9H,1,7-8H2,2-5H3. The molecular weight excluding hydrogens is 164 g/mol. The van der Waals surface area contributed by atoms with Gasteiger partial charge in [-0.05, 0) is 31.8 Å². The number of esters is 1. The maximum absolute atomic E-state index is 10.8. The lowest BCUT2D eigenvalue weighted by Crippen LogP contribution is -2.28. The van der Waals surface area contributed by atoms with E-state index in [-0.39, 0.29) is 5.97 Å². The molecule has 1 unspecified atom stereocenters. The number of carbonyl (C=O) groups excluding carboxylic acids is 1. The molecule has 0 saturated carbocycles. The van der Waals surface area contributed by atoms with E-state index in [1.165, 1.54) is 6.92 Å². The molecule has 76 valence electrons. The number of ether oxygens (including phenoxy) is 1. The normalized spacial score (nSPS) is 15.2. The molecule has 1 atom stereocenters. The Bertz CT molecular complexity index is 185. The Hall–Kier alpha value is -0.790. The highest BCUT2D eigenvalue weighted by molar-refractivity contribution is 5.66. The zero-order valence-corrected chi connectivity index (χ0v) is 9.09. The average Bonchev–Trinajstić information content (AvgIpc) is 2.00. The van der Waals surface area contributed by atoms with Gasteiger partial charge >= 0.3 is 5.97 Å². The van der Waals surface area contributed by atoms with Crippen LogP contribution in [0, 0.1) is 5.92 Å². The Morgan fingerprint density at radius 1 is 1.62 bits per heavy atom. The van der Waals surface area contributed by atoms with Crippen molar-refractivity contribution in [2.45, 2.75) is 46.1 Å². The van der Waals surface area contributed by atoms with E-state index in [4.69, 9.17) is 4.74 Å². The van der Waals surface area contributed by atoms with Gasteiger partial charge in [0.2, 0.25) is 0 Å². The summed E-state index contributed by atoms with van der Waals surface area (Å²) >= 11 is 0. The van der Waals surface area contributed by atoms with Gasteiger partial charge in [-0.15, -0.1) is 0 Å². The minimum absolute atomic E-state index is 0.244. The summed E-state index contributed by atoms with van der Waals surface area (Å²) in [4.78, 5) is 10.8. The predicted molar refractivity (Wildman–Crippen MR) is 54.4 cm³/mol. The predicted octanol–water partition coefficient (Wildman–Crippen LogP) is 2.93. The van der Waals surface area contributed by atoms with Gasteiger partial charge < -0.3 is 4.74 Å². The summed E-state index contributed by atoms with van der Waals surface area (Å²) in [6, 6.07) is 0. The second-order valence-corrected chi connectivity index (χ2v) is 4.04. The lowest BCUT2D eigenvalue weighted by molar-refractivity contribution is -0.151. The summed E-state index contributed by atoms with van der Waals surface area (Å²) in [7, 11) is 0. The van der Waals surface area contributed by atoms with Gasteiger partial charge in [0.1, 0.15) is 5.60 Å². The Labute approximate surface area is 81.0 Å². The molecule has 0 aromatic carbocycles. The van der Waals surface area contributed by atoms with Crippen molar-refractivity contribution in [1.82, 2.24) is 0 Å². The van der Waals surface area contributed by atoms with E-state index in [1.54, 1.807) is 6.08 Å². The monoisotopic (exact) mass is 184 g/mol. The van der Waals surface area contributed by atoms with Gasteiger partial charge in [0, 0.05) is 6.92 Å². The molecule has 0 aliphatic rings. The highest BCUT2D eigenvalue weighted by Gasteiger charge is 2.23. The topological polar surface area (TPSA) is 26.3 Å². The molecule has 2 heteroatoms. The highest BCUT2D eigenvalue weighted by Crippen LogP contribution is 2.21. The largest absolute Gasteiger partial charge is 0.455 e. The molecule has 0 aliphatic heterocycles. The molecule has 0 aromatic heterocycles. The molecule has 0 radical (unpaired) electrons. The van der Waals surface area contributed by atoms with Crippen LogP contribution in [0.4, 0.5) is 0 Å². The molecule has 0 aromatic rings. The van der Waals surface area contributed by atoms with Gasteiger partial charge in [-0.25, -0.2) is 0 Å². The molecule has 0 N–H and O–H groups in total. The lowest BCUT2D eigenvalue weighted by atomic mass is 9.95. The number of hydrogen-bond donors (Lipinski definition) is 0. The molecule has 0 spiro atoms. The summed E-state index contributed by atoms with van der Waals surface area (Å²) in [6.07, 6.45) is 3.58. The highest BCUT2D eigenvalue weighted by atomic mass is 16.6. The first-order chi connectivity index (χ1) is 5.89. The van der Waals surface area contributed by atoms with E-state index < -0.39 is 5.60 Å². The van der Waals surface area contributed by atoms with E-state index in [2.05, 4.69) is 20.4 Å². The molecule has 0 rings (SSSR count). The van der Waals surface area contributed by atoms with Gasteiger partial charge in [0.05, 0.1) is 0 Å². The van der Waals surface area contributed by atoms with Crippen LogP contribution in [-0.2, 0) is 9.53 Å². The number of carbonyl (C=O) groups is 1. The van der Waals surface area contributed by atoms with E-state index in [9.17, 15) is 4.79 Å². The van der Waals surface area contributed by atoms with Crippen LogP contribution in [0.25, 0.3) is 0 Å². The molecule has 0 bridgehead atoms. The average molecular weight is 184 g/mol. The Kier molecular flexibility index (Phi) is 4.74. The van der Waals surface area contributed by atoms with Crippen LogP contribution in [0.15, 0.2) is 12.7 Å². The summed E-state index contributed by atoms with van der Waals surface area (Å²) < 4.78 is 5.18. The second kappa shape index (κ2) is 5.05. The van der Waals surface area contributed by atoms with Crippen LogP contribution in [0.1, 0.15) is 40.5 Å². The van der Waals surface area contributed by atoms with Gasteiger partial charge in [0.15, 0.2) is 0 Å². The second-order valence-electron chi connectivity index (χ2n) is 4.04. The summed E-state index contributed by atoms with van der Waals surface area (Å²) in [5, 5.41) is 0. The van der Waals surface area contributed by atoms with Crippen LogP contribution in [0.3, 0.4) is 0 Å². The zero-order chi connectivity index (χ0) is 10.5. The third-order valence-electron chi connectivity index (χ3n) is 2.03. The van der Waals surface area contributed by atoms with Crippen molar-refractivity contribution in [3.63, 3.8) is 0 Å². The quantitative estimate of drug-likeness (QED) is 0.485. The molecule has 0 fully saturated rings. The van der Waals surface area contributed by atoms with E-state index in [1.807, 2.05) is 6.92 Å². The van der Waals surface area contributed by atoms with E-state index >= 15 is 0 Å². The Balaban J connectivity index is 4.11. The lowest BCUT2D eigenvalue weighted by Gasteiger charge is -2.26. The minimum atomic E-state index is -0.490. The third-order valence-corrected chi connectivity index (χ3v) is 2.03. The Morgan fingerprint density at radius 2 is 2.15 bits per heavy atom. The van der Waals surface area contributed by atoms with Crippen LogP contribution in [-0.4, -0.2) is 11.6 Å². The molecule has 0 amide bonds. The number of rotatable bonds is 5. The fourth-order valence-corrected chi connectivity index (χ4v) is 1.10. The Morgan fingerprint density at radius 3 is 2.46 bits per heavy atom. The zero-order valence-electron chi connectivity index (χ0n) is 9.09. The maximum Gasteiger partial charge on any atom is 0.303 e. The molecular formula is C11H20O2. The molecule has 0 heterocycles. The number of hydrogen-bond acceptors (Lipinski definition) is 2. The fraction of sp³-hybridized carbons (Fsp3) is 0.727. The van der Waals surface area contributed by atoms with Crippen molar-refractivity contribution in [2.24, 2.45) is 5.92 Å². The van der Waals surface area contributed by atoms with Crippen molar-refractivity contribution in [1.29, 1.82) is 0 Å². The maximum atomic E-state index is 10.8. The van der Waals surface area contributed by atoms with Gasteiger partial charge in [0.25, 0.3) is 0 Å². The van der Waals surface area contributed by atoms with Crippen molar-refractivity contribution in [3.8, 4) is 0 Å². The van der Waals surface area contributed by atoms with Gasteiger partial charge in [-0.3, -0.25) is 4.79 Å². The third kappa shape index (κ3) is 5.45. The first kappa shape index (κ1) is 12.2. The summed E-state index contributed by atoms with van der Waals surface area (Å²) in [5.41, 5.74) is -0.490. The molecule has 13 heavy (non-hydrogen) atoms. The first-order valence-corrected chi connectivity index (χ1v) is 4.73. The van der Waals surface area contributed by atoms with Gasteiger partial charge in [-0.1, -0.05) is 20.4 Å². The van der Waals surface area contributed by atoms with Crippen molar-refractivity contribution < 1.29 is 9.53 Å². The summed E-state index contributed by atoms with van der Waals surface area (Å²) in [6.45, 7) is 11.3. The van der Waals surface area contributed by atoms with Crippen LogP contribution < -0.4 is 0 Å². The van der Waals surface area contributed by atoms with Gasteiger partial charge in [-0.2, -0.15) is 0 Å².